The van der Waals surface area contributed by atoms with E-state index in [2.05, 4.69) is 71.9 Å². The molecule has 0 bridgehead atoms. The van der Waals surface area contributed by atoms with Gasteiger partial charge in [0.25, 0.3) is 0 Å². The zero-order valence-corrected chi connectivity index (χ0v) is 16.9. The quantitative estimate of drug-likeness (QED) is 0.590. The van der Waals surface area contributed by atoms with Crippen LogP contribution in [0.4, 0.5) is 0 Å². The molecule has 0 saturated carbocycles. The fourth-order valence-electron chi connectivity index (χ4n) is 2.43. The maximum absolute atomic E-state index is 3.64. The fraction of sp³-hybridized carbons (Fsp3) is 0.400. The van der Waals surface area contributed by atoms with Gasteiger partial charge in [-0.05, 0) is 10.8 Å². The summed E-state index contributed by atoms with van der Waals surface area (Å²) in [5.41, 5.74) is 5.15. The van der Waals surface area contributed by atoms with Crippen molar-refractivity contribution in [2.24, 2.45) is 0 Å². The van der Waals surface area contributed by atoms with Gasteiger partial charge in [-0.3, -0.25) is 0 Å². The monoisotopic (exact) mass is 353 g/mol. The van der Waals surface area contributed by atoms with Crippen LogP contribution >= 0.6 is 0 Å². The van der Waals surface area contributed by atoms with Crippen LogP contribution in [0.2, 0.25) is 0 Å². The number of benzene rings is 2. The molecule has 2 rings (SSSR count). The summed E-state index contributed by atoms with van der Waals surface area (Å²) in [6.45, 7) is 13.6. The molecule has 0 aromatic heterocycles. The Labute approximate surface area is 155 Å². The predicted octanol–water partition coefficient (Wildman–Crippen LogP) is 5.55. The molecule has 0 amide bonds. The van der Waals surface area contributed by atoms with Gasteiger partial charge in [0.2, 0.25) is 0 Å². The van der Waals surface area contributed by atoms with E-state index >= 15 is 0 Å². The minimum atomic E-state index is 0. The summed E-state index contributed by atoms with van der Waals surface area (Å²) in [7, 11) is 0. The first kappa shape index (κ1) is 18.6. The van der Waals surface area contributed by atoms with Gasteiger partial charge >= 0.3 is 0 Å². The normalized spacial score (nSPS) is 11.9. The van der Waals surface area contributed by atoms with E-state index in [1.54, 1.807) is 0 Å². The van der Waals surface area contributed by atoms with Crippen molar-refractivity contribution in [1.29, 1.82) is 0 Å². The van der Waals surface area contributed by atoms with Crippen LogP contribution in [0.15, 0.2) is 36.4 Å². The number of hydrogen-bond acceptors (Lipinski definition) is 0. The first-order valence-corrected chi connectivity index (χ1v) is 7.24. The van der Waals surface area contributed by atoms with Crippen molar-refractivity contribution in [3.63, 3.8) is 0 Å². The fourth-order valence-corrected chi connectivity index (χ4v) is 2.43. The minimum Gasteiger partial charge on any atom is -0.226 e. The second-order valence-corrected chi connectivity index (χ2v) is 7.44. The van der Waals surface area contributed by atoms with Crippen LogP contribution in [-0.2, 0) is 43.5 Å². The van der Waals surface area contributed by atoms with Crippen LogP contribution in [0.1, 0.15) is 52.7 Å². The molecule has 0 aliphatic carbocycles. The summed E-state index contributed by atoms with van der Waals surface area (Å²) in [5.74, 6) is 0. The van der Waals surface area contributed by atoms with Crippen LogP contribution in [0.25, 0.3) is 11.1 Å². The van der Waals surface area contributed by atoms with Gasteiger partial charge in [-0.25, -0.2) is 11.1 Å². The zero-order valence-electron chi connectivity index (χ0n) is 14.0. The summed E-state index contributed by atoms with van der Waals surface area (Å²) in [6.07, 6.45) is 0. The third-order valence-electron chi connectivity index (χ3n) is 3.50. The molecular formula is C20H24Y-2. The molecule has 0 atom stereocenters. The second-order valence-electron chi connectivity index (χ2n) is 7.44. The van der Waals surface area contributed by atoms with Crippen molar-refractivity contribution in [3.8, 4) is 11.1 Å². The first-order chi connectivity index (χ1) is 9.19. The molecule has 2 aromatic rings. The Morgan fingerprint density at radius 1 is 0.762 bits per heavy atom. The summed E-state index contributed by atoms with van der Waals surface area (Å²) >= 11 is 0. The maximum atomic E-state index is 3.64. The Bertz CT molecular complexity index is 583. The Kier molecular flexibility index (Phi) is 5.98. The molecule has 0 saturated heterocycles. The maximum Gasteiger partial charge on any atom is 0 e. The molecule has 0 N–H and O–H groups in total. The van der Waals surface area contributed by atoms with Crippen LogP contribution in [0.3, 0.4) is 0 Å². The third-order valence-corrected chi connectivity index (χ3v) is 3.50. The van der Waals surface area contributed by atoms with Gasteiger partial charge < -0.3 is 0 Å². The Morgan fingerprint density at radius 3 is 1.90 bits per heavy atom. The standard InChI is InChI=1S/C20H24.Y/c1-19(2,3)17-13-12-16(14-18(17)20(4,5)6)15-10-8-7-9-11-15;/h7-10,12-13H,1-6H3;/q-2;. The van der Waals surface area contributed by atoms with E-state index in [1.807, 2.05) is 18.2 Å². The van der Waals surface area contributed by atoms with E-state index in [-0.39, 0.29) is 43.5 Å². The first-order valence-electron chi connectivity index (χ1n) is 7.24. The van der Waals surface area contributed by atoms with Crippen LogP contribution in [0, 0.1) is 12.1 Å². The summed E-state index contributed by atoms with van der Waals surface area (Å²) in [6, 6.07) is 19.5. The van der Waals surface area contributed by atoms with Gasteiger partial charge in [0.1, 0.15) is 0 Å². The summed E-state index contributed by atoms with van der Waals surface area (Å²) < 4.78 is 0. The van der Waals surface area contributed by atoms with Crippen molar-refractivity contribution in [2.75, 3.05) is 0 Å². The topological polar surface area (TPSA) is 0 Å². The molecule has 0 aliphatic heterocycles. The van der Waals surface area contributed by atoms with Crippen molar-refractivity contribution in [3.05, 3.63) is 59.7 Å². The summed E-state index contributed by atoms with van der Waals surface area (Å²) in [5, 5.41) is 0. The molecule has 0 nitrogen and oxygen atoms in total. The predicted molar refractivity (Wildman–Crippen MR) is 87.0 cm³/mol. The Balaban J connectivity index is 0.00000220. The van der Waals surface area contributed by atoms with Gasteiger partial charge in [0, 0.05) is 32.7 Å². The van der Waals surface area contributed by atoms with E-state index in [0.29, 0.717) is 0 Å². The Hall–Kier alpha value is -0.456. The zero-order chi connectivity index (χ0) is 15.0. The average molecular weight is 353 g/mol. The molecule has 0 heterocycles. The summed E-state index contributed by atoms with van der Waals surface area (Å²) in [4.78, 5) is 0. The molecular weight excluding hydrogens is 329 g/mol. The molecule has 0 aliphatic rings. The van der Waals surface area contributed by atoms with E-state index in [0.717, 1.165) is 11.1 Å². The minimum absolute atomic E-state index is 0. The largest absolute Gasteiger partial charge is 0.226 e. The third kappa shape index (κ3) is 4.50. The van der Waals surface area contributed by atoms with Crippen LogP contribution in [-0.4, -0.2) is 0 Å². The Morgan fingerprint density at radius 2 is 1.43 bits per heavy atom. The van der Waals surface area contributed by atoms with E-state index < -0.39 is 0 Å². The van der Waals surface area contributed by atoms with Gasteiger partial charge in [-0.15, -0.1) is 17.2 Å². The molecule has 109 valence electrons. The van der Waals surface area contributed by atoms with Crippen LogP contribution in [0.5, 0.6) is 0 Å². The van der Waals surface area contributed by atoms with E-state index in [1.165, 1.54) is 11.1 Å². The van der Waals surface area contributed by atoms with Crippen molar-refractivity contribution in [1.82, 2.24) is 0 Å². The SMILES string of the molecule is CC(C)(C)c1[c-]c(-c2[c-]cccc2)ccc1C(C)(C)C.[Y]. The molecule has 0 unspecified atom stereocenters. The van der Waals surface area contributed by atoms with Gasteiger partial charge in [-0.2, -0.15) is 42.5 Å². The smallest absolute Gasteiger partial charge is 0 e. The molecule has 1 heteroatoms. The molecule has 1 radical (unpaired) electrons. The average Bonchev–Trinajstić information content (AvgIpc) is 2.37. The van der Waals surface area contributed by atoms with Gasteiger partial charge in [0.05, 0.1) is 0 Å². The van der Waals surface area contributed by atoms with Crippen molar-refractivity contribution < 1.29 is 32.7 Å². The van der Waals surface area contributed by atoms with Crippen LogP contribution < -0.4 is 0 Å². The second kappa shape index (κ2) is 6.75. The van der Waals surface area contributed by atoms with E-state index in [4.69, 9.17) is 0 Å². The molecule has 0 fully saturated rings. The van der Waals surface area contributed by atoms with Crippen molar-refractivity contribution >= 4 is 0 Å². The molecule has 0 spiro atoms. The molecule has 2 aromatic carbocycles. The van der Waals surface area contributed by atoms with Gasteiger partial charge in [0.15, 0.2) is 0 Å². The van der Waals surface area contributed by atoms with E-state index in [9.17, 15) is 0 Å². The molecule has 21 heavy (non-hydrogen) atoms. The number of rotatable bonds is 1. The van der Waals surface area contributed by atoms with Crippen molar-refractivity contribution in [2.45, 2.75) is 52.4 Å². The number of hydrogen-bond donors (Lipinski definition) is 0. The van der Waals surface area contributed by atoms with Gasteiger partial charge in [-0.1, -0.05) is 41.5 Å².